The Balaban J connectivity index is 2.14. The van der Waals surface area contributed by atoms with E-state index in [2.05, 4.69) is 20.3 Å². The van der Waals surface area contributed by atoms with Crippen molar-refractivity contribution in [1.82, 2.24) is 20.3 Å². The van der Waals surface area contributed by atoms with Crippen LogP contribution in [-0.2, 0) is 16.0 Å². The van der Waals surface area contributed by atoms with Gasteiger partial charge in [-0.15, -0.1) is 0 Å². The Kier molecular flexibility index (Phi) is 6.44. The SMILES string of the molecule is CCC(CC)(CNC(=O)Cc1c(C)nc(-c2cccnc2)[nH]c1=O)C(=O)O. The minimum absolute atomic E-state index is 0.0202. The Morgan fingerprint density at radius 2 is 2.00 bits per heavy atom. The van der Waals surface area contributed by atoms with Crippen LogP contribution in [0.3, 0.4) is 0 Å². The standard InChI is InChI=1S/C19H24N4O4/c1-4-19(5-2,18(26)27)11-21-15(24)9-14-12(3)22-16(23-17(14)25)13-7-6-8-20-10-13/h6-8,10H,4-5,9,11H2,1-3H3,(H,21,24)(H,26,27)(H,22,23,25). The number of carbonyl (C=O) groups excluding carboxylic acids is 1. The Hall–Kier alpha value is -3.03. The van der Waals surface area contributed by atoms with Crippen LogP contribution in [-0.4, -0.2) is 38.5 Å². The maximum absolute atomic E-state index is 12.4. The average molecular weight is 372 g/mol. The van der Waals surface area contributed by atoms with Gasteiger partial charge in [0.2, 0.25) is 5.91 Å². The van der Waals surface area contributed by atoms with Gasteiger partial charge in [0.1, 0.15) is 5.82 Å². The molecular weight excluding hydrogens is 348 g/mol. The number of carbonyl (C=O) groups is 2. The summed E-state index contributed by atoms with van der Waals surface area (Å²) in [5, 5.41) is 12.1. The summed E-state index contributed by atoms with van der Waals surface area (Å²) in [6.07, 6.45) is 3.85. The van der Waals surface area contributed by atoms with Gasteiger partial charge in [-0.2, -0.15) is 0 Å². The number of hydrogen-bond acceptors (Lipinski definition) is 5. The lowest BCUT2D eigenvalue weighted by Gasteiger charge is -2.26. The third-order valence-electron chi connectivity index (χ3n) is 4.93. The summed E-state index contributed by atoms with van der Waals surface area (Å²) in [5.41, 5.74) is -0.0189. The van der Waals surface area contributed by atoms with Crippen molar-refractivity contribution in [2.24, 2.45) is 5.41 Å². The van der Waals surface area contributed by atoms with Gasteiger partial charge in [0.25, 0.3) is 5.56 Å². The second-order valence-electron chi connectivity index (χ2n) is 6.47. The van der Waals surface area contributed by atoms with E-state index >= 15 is 0 Å². The van der Waals surface area contributed by atoms with E-state index in [9.17, 15) is 19.5 Å². The number of aromatic nitrogens is 3. The number of carboxylic acid groups (broad SMARTS) is 1. The maximum atomic E-state index is 12.4. The molecule has 0 bridgehead atoms. The molecule has 0 saturated carbocycles. The minimum Gasteiger partial charge on any atom is -0.481 e. The maximum Gasteiger partial charge on any atom is 0.311 e. The summed E-state index contributed by atoms with van der Waals surface area (Å²) in [4.78, 5) is 47.2. The van der Waals surface area contributed by atoms with Crippen LogP contribution in [0.4, 0.5) is 0 Å². The fourth-order valence-electron chi connectivity index (χ4n) is 2.83. The van der Waals surface area contributed by atoms with Crippen molar-refractivity contribution in [3.05, 3.63) is 46.1 Å². The highest BCUT2D eigenvalue weighted by Crippen LogP contribution is 2.25. The highest BCUT2D eigenvalue weighted by Gasteiger charge is 2.35. The Labute approximate surface area is 157 Å². The number of nitrogens with one attached hydrogen (secondary N) is 2. The van der Waals surface area contributed by atoms with E-state index in [1.165, 1.54) is 0 Å². The number of aliphatic carboxylic acids is 1. The molecule has 0 fully saturated rings. The molecule has 0 aliphatic carbocycles. The Morgan fingerprint density at radius 3 is 2.52 bits per heavy atom. The molecule has 1 amide bonds. The van der Waals surface area contributed by atoms with E-state index in [0.29, 0.717) is 29.9 Å². The number of amides is 1. The first-order valence-electron chi connectivity index (χ1n) is 8.83. The van der Waals surface area contributed by atoms with Crippen molar-refractivity contribution in [2.45, 2.75) is 40.0 Å². The fraction of sp³-hybridized carbons (Fsp3) is 0.421. The largest absolute Gasteiger partial charge is 0.481 e. The first kappa shape index (κ1) is 20.3. The van der Waals surface area contributed by atoms with Crippen molar-refractivity contribution >= 4 is 11.9 Å². The third-order valence-corrected chi connectivity index (χ3v) is 4.93. The molecule has 0 aliphatic rings. The molecule has 144 valence electrons. The average Bonchev–Trinajstić information content (AvgIpc) is 2.66. The van der Waals surface area contributed by atoms with Gasteiger partial charge < -0.3 is 15.4 Å². The zero-order valence-corrected chi connectivity index (χ0v) is 15.7. The number of hydrogen-bond donors (Lipinski definition) is 3. The van der Waals surface area contributed by atoms with E-state index in [4.69, 9.17) is 0 Å². The molecule has 2 aromatic rings. The monoisotopic (exact) mass is 372 g/mol. The lowest BCUT2D eigenvalue weighted by Crippen LogP contribution is -2.43. The lowest BCUT2D eigenvalue weighted by molar-refractivity contribution is -0.149. The number of rotatable bonds is 8. The van der Waals surface area contributed by atoms with Gasteiger partial charge in [-0.3, -0.25) is 19.4 Å². The number of nitrogens with zero attached hydrogens (tertiary/aromatic N) is 2. The molecule has 0 atom stereocenters. The molecule has 3 N–H and O–H groups in total. The van der Waals surface area contributed by atoms with Crippen molar-refractivity contribution in [3.8, 4) is 11.4 Å². The molecule has 0 unspecified atom stereocenters. The van der Waals surface area contributed by atoms with Gasteiger partial charge in [0, 0.05) is 35.8 Å². The van der Waals surface area contributed by atoms with Crippen LogP contribution in [0.25, 0.3) is 11.4 Å². The third kappa shape index (κ3) is 4.58. The summed E-state index contributed by atoms with van der Waals surface area (Å²) in [6.45, 7) is 5.24. The van der Waals surface area contributed by atoms with Crippen LogP contribution in [0.15, 0.2) is 29.3 Å². The Bertz CT molecular complexity index is 873. The summed E-state index contributed by atoms with van der Waals surface area (Å²) in [7, 11) is 0. The molecular formula is C19H24N4O4. The predicted octanol–water partition coefficient (Wildman–Crippen LogP) is 1.69. The van der Waals surface area contributed by atoms with Crippen molar-refractivity contribution in [1.29, 1.82) is 0 Å². The zero-order valence-electron chi connectivity index (χ0n) is 15.7. The van der Waals surface area contributed by atoms with Crippen molar-refractivity contribution in [3.63, 3.8) is 0 Å². The van der Waals surface area contributed by atoms with Crippen LogP contribution in [0.2, 0.25) is 0 Å². The predicted molar refractivity (Wildman–Crippen MR) is 100 cm³/mol. The summed E-state index contributed by atoms with van der Waals surface area (Å²) in [6, 6.07) is 3.51. The van der Waals surface area contributed by atoms with E-state index < -0.39 is 22.9 Å². The van der Waals surface area contributed by atoms with Gasteiger partial charge in [0.15, 0.2) is 0 Å². The minimum atomic E-state index is -1.00. The second kappa shape index (κ2) is 8.57. The van der Waals surface area contributed by atoms with Crippen molar-refractivity contribution in [2.75, 3.05) is 6.54 Å². The first-order valence-corrected chi connectivity index (χ1v) is 8.83. The van der Waals surface area contributed by atoms with Crippen molar-refractivity contribution < 1.29 is 14.7 Å². The number of carboxylic acids is 1. The number of pyridine rings is 1. The molecule has 27 heavy (non-hydrogen) atoms. The molecule has 2 rings (SSSR count). The van der Waals surface area contributed by atoms with Crippen LogP contribution in [0.1, 0.15) is 37.9 Å². The van der Waals surface area contributed by atoms with E-state index in [0.717, 1.165) is 0 Å². The molecule has 0 saturated heterocycles. The molecule has 0 aliphatic heterocycles. The molecule has 0 radical (unpaired) electrons. The topological polar surface area (TPSA) is 125 Å². The summed E-state index contributed by atoms with van der Waals surface area (Å²) >= 11 is 0. The quantitative estimate of drug-likeness (QED) is 0.647. The highest BCUT2D eigenvalue weighted by atomic mass is 16.4. The van der Waals surface area contributed by atoms with Gasteiger partial charge in [-0.1, -0.05) is 13.8 Å². The number of H-pyrrole nitrogens is 1. The second-order valence-corrected chi connectivity index (χ2v) is 6.47. The number of aromatic amines is 1. The molecule has 2 heterocycles. The molecule has 8 nitrogen and oxygen atoms in total. The lowest BCUT2D eigenvalue weighted by atomic mass is 9.82. The van der Waals surface area contributed by atoms with Crippen LogP contribution in [0.5, 0.6) is 0 Å². The van der Waals surface area contributed by atoms with Crippen LogP contribution in [0, 0.1) is 12.3 Å². The van der Waals surface area contributed by atoms with Gasteiger partial charge in [-0.25, -0.2) is 4.98 Å². The molecule has 0 aromatic carbocycles. The van der Waals surface area contributed by atoms with Gasteiger partial charge >= 0.3 is 5.97 Å². The first-order chi connectivity index (χ1) is 12.8. The normalized spacial score (nSPS) is 11.2. The van der Waals surface area contributed by atoms with Gasteiger partial charge in [0.05, 0.1) is 11.8 Å². The Morgan fingerprint density at radius 1 is 1.30 bits per heavy atom. The molecule has 2 aromatic heterocycles. The summed E-state index contributed by atoms with van der Waals surface area (Å²) in [5.74, 6) is -0.965. The summed E-state index contributed by atoms with van der Waals surface area (Å²) < 4.78 is 0. The van der Waals surface area contributed by atoms with Gasteiger partial charge in [-0.05, 0) is 31.9 Å². The van der Waals surface area contributed by atoms with E-state index in [1.807, 2.05) is 0 Å². The molecule has 8 heteroatoms. The highest BCUT2D eigenvalue weighted by molar-refractivity contribution is 5.80. The van der Waals surface area contributed by atoms with E-state index in [-0.39, 0.29) is 18.5 Å². The number of aryl methyl sites for hydroxylation is 1. The molecule has 0 spiro atoms. The van der Waals surface area contributed by atoms with Crippen LogP contribution < -0.4 is 10.9 Å². The smallest absolute Gasteiger partial charge is 0.311 e. The van der Waals surface area contributed by atoms with Crippen LogP contribution >= 0.6 is 0 Å². The fourth-order valence-corrected chi connectivity index (χ4v) is 2.83. The van der Waals surface area contributed by atoms with E-state index in [1.54, 1.807) is 45.3 Å². The zero-order chi connectivity index (χ0) is 20.0.